The molecule has 3 aromatic carbocycles. The third-order valence-corrected chi connectivity index (χ3v) is 6.58. The second-order valence-electron chi connectivity index (χ2n) is 9.45. The summed E-state index contributed by atoms with van der Waals surface area (Å²) < 4.78 is 0. The van der Waals surface area contributed by atoms with E-state index in [9.17, 15) is 9.59 Å². The number of hydrogen-bond donors (Lipinski definition) is 0. The number of aryl methyl sites for hydroxylation is 1. The summed E-state index contributed by atoms with van der Waals surface area (Å²) >= 11 is 0. The number of para-hydroxylation sites is 1. The smallest absolute Gasteiger partial charge is 0.266 e. The van der Waals surface area contributed by atoms with E-state index < -0.39 is 0 Å². The molecule has 0 bridgehead atoms. The van der Waals surface area contributed by atoms with Gasteiger partial charge in [-0.2, -0.15) is 0 Å². The molecule has 0 aromatic heterocycles. The summed E-state index contributed by atoms with van der Waals surface area (Å²) in [6.45, 7) is 8.82. The van der Waals surface area contributed by atoms with Gasteiger partial charge in [-0.25, -0.2) is 4.90 Å². The van der Waals surface area contributed by atoms with E-state index in [-0.39, 0.29) is 23.7 Å². The van der Waals surface area contributed by atoms with E-state index in [1.54, 1.807) is 0 Å². The van der Waals surface area contributed by atoms with Crippen molar-refractivity contribution in [2.75, 3.05) is 11.4 Å². The van der Waals surface area contributed by atoms with Crippen LogP contribution in [0.3, 0.4) is 0 Å². The molecule has 174 valence electrons. The van der Waals surface area contributed by atoms with Crippen LogP contribution in [0.4, 0.5) is 5.69 Å². The number of hydrogen-bond acceptors (Lipinski definition) is 3. The van der Waals surface area contributed by atoms with Crippen LogP contribution in [0.2, 0.25) is 0 Å². The third kappa shape index (κ3) is 4.06. The van der Waals surface area contributed by atoms with E-state index >= 15 is 0 Å². The normalized spacial score (nSPS) is 13.2. The summed E-state index contributed by atoms with van der Waals surface area (Å²) in [6, 6.07) is 15.6. The molecular formula is C28H30N4O2. The summed E-state index contributed by atoms with van der Waals surface area (Å²) in [4.78, 5) is 31.9. The highest BCUT2D eigenvalue weighted by atomic mass is 16.2. The zero-order valence-electron chi connectivity index (χ0n) is 20.2. The summed E-state index contributed by atoms with van der Waals surface area (Å²) in [7, 11) is 0. The third-order valence-electron chi connectivity index (χ3n) is 6.58. The maximum Gasteiger partial charge on any atom is 0.266 e. The Hall–Kier alpha value is -3.63. The van der Waals surface area contributed by atoms with Crippen molar-refractivity contribution < 1.29 is 9.59 Å². The lowest BCUT2D eigenvalue weighted by Crippen LogP contribution is -2.41. The van der Waals surface area contributed by atoms with Gasteiger partial charge in [0.1, 0.15) is 0 Å². The van der Waals surface area contributed by atoms with Crippen LogP contribution in [0, 0.1) is 0 Å². The number of benzene rings is 3. The molecule has 0 aliphatic carbocycles. The Morgan fingerprint density at radius 3 is 2.09 bits per heavy atom. The van der Waals surface area contributed by atoms with Crippen molar-refractivity contribution in [1.82, 2.24) is 0 Å². The number of azide groups is 1. The van der Waals surface area contributed by atoms with Crippen LogP contribution >= 0.6 is 0 Å². The number of carbonyl (C=O) groups excluding carboxylic acids is 2. The van der Waals surface area contributed by atoms with Crippen LogP contribution in [0.15, 0.2) is 53.6 Å². The van der Waals surface area contributed by atoms with E-state index in [1.807, 2.05) is 48.5 Å². The number of nitrogens with zero attached hydrogens (tertiary/aromatic N) is 4. The first-order valence-electron chi connectivity index (χ1n) is 11.9. The number of anilines is 1. The molecule has 0 unspecified atom stereocenters. The van der Waals surface area contributed by atoms with Crippen LogP contribution in [-0.2, 0) is 6.42 Å². The fourth-order valence-electron chi connectivity index (χ4n) is 4.89. The van der Waals surface area contributed by atoms with E-state index in [2.05, 4.69) is 37.7 Å². The van der Waals surface area contributed by atoms with Gasteiger partial charge in [-0.1, -0.05) is 69.2 Å². The predicted octanol–water partition coefficient (Wildman–Crippen LogP) is 7.52. The van der Waals surface area contributed by atoms with E-state index in [0.717, 1.165) is 52.4 Å². The molecule has 6 heteroatoms. The Bertz CT molecular complexity index is 1270. The van der Waals surface area contributed by atoms with Gasteiger partial charge in [0.2, 0.25) is 0 Å². The van der Waals surface area contributed by atoms with Crippen molar-refractivity contribution in [2.24, 2.45) is 5.11 Å². The summed E-state index contributed by atoms with van der Waals surface area (Å²) in [5.74, 6) is -0.198. The Balaban J connectivity index is 1.83. The number of amides is 2. The van der Waals surface area contributed by atoms with Crippen molar-refractivity contribution >= 4 is 28.3 Å². The minimum atomic E-state index is -0.265. The molecule has 0 spiro atoms. The van der Waals surface area contributed by atoms with E-state index in [4.69, 9.17) is 5.53 Å². The van der Waals surface area contributed by atoms with Gasteiger partial charge in [-0.05, 0) is 70.8 Å². The predicted molar refractivity (Wildman–Crippen MR) is 137 cm³/mol. The highest BCUT2D eigenvalue weighted by molar-refractivity contribution is 6.36. The Morgan fingerprint density at radius 1 is 0.853 bits per heavy atom. The first kappa shape index (κ1) is 23.5. The minimum Gasteiger partial charge on any atom is -0.268 e. The second kappa shape index (κ2) is 9.70. The summed E-state index contributed by atoms with van der Waals surface area (Å²) in [6.07, 6.45) is 2.45. The number of rotatable bonds is 8. The fourth-order valence-corrected chi connectivity index (χ4v) is 4.89. The zero-order valence-corrected chi connectivity index (χ0v) is 20.2. The SMILES string of the molecule is CC(C)c1cccc(C(C)C)c1N1C(=O)c2cccc3c(CCCCN=[N+]=[N-])ccc(c23)C1=O. The lowest BCUT2D eigenvalue weighted by Gasteiger charge is -2.32. The van der Waals surface area contributed by atoms with Crippen molar-refractivity contribution in [2.45, 2.75) is 58.8 Å². The number of imide groups is 1. The van der Waals surface area contributed by atoms with Crippen molar-refractivity contribution in [1.29, 1.82) is 0 Å². The largest absolute Gasteiger partial charge is 0.268 e. The standard InChI is InChI=1S/C28H30N4O2/c1-17(2)20-10-7-11-21(18(3)4)26(20)32-27(33)23-13-8-12-22-19(9-5-6-16-30-31-29)14-15-24(25(22)23)28(32)34/h7-8,10-15,17-18H,5-6,9,16H2,1-4H3. The topological polar surface area (TPSA) is 86.1 Å². The number of unbranched alkanes of at least 4 members (excludes halogenated alkanes) is 1. The average Bonchev–Trinajstić information content (AvgIpc) is 2.82. The molecule has 1 aliphatic heterocycles. The lowest BCUT2D eigenvalue weighted by atomic mass is 9.87. The van der Waals surface area contributed by atoms with Crippen LogP contribution in [0.5, 0.6) is 0 Å². The quantitative estimate of drug-likeness (QED) is 0.116. The Morgan fingerprint density at radius 2 is 1.47 bits per heavy atom. The molecule has 6 nitrogen and oxygen atoms in total. The van der Waals surface area contributed by atoms with Gasteiger partial charge in [-0.15, -0.1) is 0 Å². The molecule has 2 amide bonds. The molecule has 1 aliphatic rings. The molecule has 0 saturated heterocycles. The monoisotopic (exact) mass is 454 g/mol. The first-order chi connectivity index (χ1) is 16.4. The Labute approximate surface area is 200 Å². The van der Waals surface area contributed by atoms with Crippen LogP contribution < -0.4 is 4.90 Å². The average molecular weight is 455 g/mol. The van der Waals surface area contributed by atoms with Gasteiger partial charge in [0.15, 0.2) is 0 Å². The first-order valence-corrected chi connectivity index (χ1v) is 11.9. The lowest BCUT2D eigenvalue weighted by molar-refractivity contribution is 0.0893. The van der Waals surface area contributed by atoms with Crippen molar-refractivity contribution in [3.8, 4) is 0 Å². The minimum absolute atomic E-state index is 0.166. The molecule has 0 radical (unpaired) electrons. The zero-order chi connectivity index (χ0) is 24.4. The van der Waals surface area contributed by atoms with Crippen LogP contribution in [0.25, 0.3) is 21.2 Å². The maximum absolute atomic E-state index is 13.9. The van der Waals surface area contributed by atoms with Gasteiger partial charge in [0.05, 0.1) is 5.69 Å². The van der Waals surface area contributed by atoms with Gasteiger partial charge in [-0.3, -0.25) is 9.59 Å². The maximum atomic E-state index is 13.9. The highest BCUT2D eigenvalue weighted by Crippen LogP contribution is 2.41. The molecule has 0 fully saturated rings. The molecule has 0 atom stereocenters. The molecule has 34 heavy (non-hydrogen) atoms. The van der Waals surface area contributed by atoms with Gasteiger partial charge < -0.3 is 0 Å². The van der Waals surface area contributed by atoms with Gasteiger partial charge >= 0.3 is 0 Å². The Kier molecular flexibility index (Phi) is 6.71. The van der Waals surface area contributed by atoms with Crippen molar-refractivity contribution in [3.05, 3.63) is 86.8 Å². The van der Waals surface area contributed by atoms with E-state index in [1.165, 1.54) is 4.90 Å². The fraction of sp³-hybridized carbons (Fsp3) is 0.357. The van der Waals surface area contributed by atoms with Gasteiger partial charge in [0.25, 0.3) is 11.8 Å². The molecule has 0 saturated carbocycles. The number of carbonyl (C=O) groups is 2. The van der Waals surface area contributed by atoms with Gasteiger partial charge in [0, 0.05) is 28.0 Å². The summed E-state index contributed by atoms with van der Waals surface area (Å²) in [5.41, 5.74) is 13.4. The van der Waals surface area contributed by atoms with Crippen molar-refractivity contribution in [3.63, 3.8) is 0 Å². The molecular weight excluding hydrogens is 424 g/mol. The van der Waals surface area contributed by atoms with Crippen LogP contribution in [0.1, 0.15) is 89.8 Å². The van der Waals surface area contributed by atoms with Crippen LogP contribution in [-0.4, -0.2) is 18.4 Å². The summed E-state index contributed by atoms with van der Waals surface area (Å²) in [5, 5.41) is 5.29. The van der Waals surface area contributed by atoms with E-state index in [0.29, 0.717) is 17.7 Å². The second-order valence-corrected chi connectivity index (χ2v) is 9.45. The molecule has 0 N–H and O–H groups in total. The molecule has 4 rings (SSSR count). The molecule has 1 heterocycles. The highest BCUT2D eigenvalue weighted by Gasteiger charge is 2.37. The molecule has 3 aromatic rings.